The Bertz CT molecular complexity index is 2320. The fourth-order valence-corrected chi connectivity index (χ4v) is 7.43. The maximum absolute atomic E-state index is 5.19. The van der Waals surface area contributed by atoms with Crippen molar-refractivity contribution in [3.8, 4) is 33.6 Å². The highest BCUT2D eigenvalue weighted by atomic mass is 14.8. The Hall–Kier alpha value is -5.86. The lowest BCUT2D eigenvalue weighted by Crippen LogP contribution is -2.28. The molecule has 1 aromatic heterocycles. The zero-order valence-electron chi connectivity index (χ0n) is 24.6. The van der Waals surface area contributed by atoms with Gasteiger partial charge in [0.1, 0.15) is 0 Å². The Kier molecular flexibility index (Phi) is 5.76. The summed E-state index contributed by atoms with van der Waals surface area (Å²) in [4.78, 5) is 10.3. The molecule has 7 aromatic carbocycles. The molecule has 0 atom stereocenters. The Morgan fingerprint density at radius 3 is 1.62 bits per heavy atom. The normalized spacial score (nSPS) is 13.1. The van der Waals surface area contributed by atoms with Gasteiger partial charge in [0.2, 0.25) is 0 Å². The van der Waals surface area contributed by atoms with Crippen LogP contribution in [0.5, 0.6) is 0 Å². The molecule has 0 saturated carbocycles. The summed E-state index contributed by atoms with van der Waals surface area (Å²) in [5.41, 5.74) is 13.0. The first-order valence-electron chi connectivity index (χ1n) is 15.4. The van der Waals surface area contributed by atoms with E-state index in [0.29, 0.717) is 0 Å². The van der Waals surface area contributed by atoms with Gasteiger partial charge in [0.15, 0.2) is 0 Å². The number of nitrogens with zero attached hydrogens (tertiary/aromatic N) is 2. The number of hydrogen-bond donors (Lipinski definition) is 0. The van der Waals surface area contributed by atoms with Gasteiger partial charge in [-0.3, -0.25) is 0 Å². The minimum atomic E-state index is -0.451. The van der Waals surface area contributed by atoms with Crippen molar-refractivity contribution in [1.82, 2.24) is 9.97 Å². The average molecular weight is 573 g/mol. The Morgan fingerprint density at radius 2 is 0.956 bits per heavy atom. The van der Waals surface area contributed by atoms with Gasteiger partial charge in [0.25, 0.3) is 0 Å². The molecule has 0 N–H and O–H groups in total. The monoisotopic (exact) mass is 572 g/mol. The second-order valence-corrected chi connectivity index (χ2v) is 11.7. The molecule has 1 aliphatic carbocycles. The summed E-state index contributed by atoms with van der Waals surface area (Å²) >= 11 is 0. The molecule has 0 radical (unpaired) electrons. The first-order valence-corrected chi connectivity index (χ1v) is 15.4. The second-order valence-electron chi connectivity index (χ2n) is 11.7. The Morgan fingerprint density at radius 1 is 0.400 bits per heavy atom. The molecule has 0 fully saturated rings. The van der Waals surface area contributed by atoms with E-state index in [1.54, 1.807) is 0 Å². The van der Waals surface area contributed by atoms with E-state index in [1.807, 2.05) is 30.3 Å². The molecular formula is C43H28N2. The molecule has 0 unspecified atom stereocenters. The van der Waals surface area contributed by atoms with Crippen molar-refractivity contribution in [3.63, 3.8) is 0 Å². The van der Waals surface area contributed by atoms with Crippen LogP contribution in [0.25, 0.3) is 55.4 Å². The van der Waals surface area contributed by atoms with Crippen LogP contribution in [-0.2, 0) is 5.41 Å². The molecule has 1 heterocycles. The number of fused-ring (bicyclic) bond motifs is 6. The molecule has 210 valence electrons. The molecule has 0 aliphatic heterocycles. The number of para-hydroxylation sites is 2. The van der Waals surface area contributed by atoms with E-state index >= 15 is 0 Å². The van der Waals surface area contributed by atoms with Gasteiger partial charge in [-0.25, -0.2) is 9.97 Å². The van der Waals surface area contributed by atoms with Crippen LogP contribution in [0.1, 0.15) is 22.3 Å². The van der Waals surface area contributed by atoms with Gasteiger partial charge in [-0.15, -0.1) is 0 Å². The highest BCUT2D eigenvalue weighted by Crippen LogP contribution is 2.58. The van der Waals surface area contributed by atoms with Crippen LogP contribution in [0.3, 0.4) is 0 Å². The van der Waals surface area contributed by atoms with E-state index in [-0.39, 0.29) is 0 Å². The van der Waals surface area contributed by atoms with Crippen LogP contribution in [0, 0.1) is 0 Å². The van der Waals surface area contributed by atoms with Crippen LogP contribution in [0.4, 0.5) is 0 Å². The summed E-state index contributed by atoms with van der Waals surface area (Å²) in [6.45, 7) is 0. The predicted molar refractivity (Wildman–Crippen MR) is 185 cm³/mol. The van der Waals surface area contributed by atoms with Crippen LogP contribution >= 0.6 is 0 Å². The van der Waals surface area contributed by atoms with E-state index in [1.165, 1.54) is 44.2 Å². The molecule has 9 rings (SSSR count). The van der Waals surface area contributed by atoms with Crippen molar-refractivity contribution in [2.24, 2.45) is 0 Å². The van der Waals surface area contributed by atoms with Crippen LogP contribution in [0.15, 0.2) is 170 Å². The lowest BCUT2D eigenvalue weighted by molar-refractivity contribution is 0.775. The number of rotatable bonds is 4. The number of benzene rings is 7. The highest BCUT2D eigenvalue weighted by molar-refractivity contribution is 6.02. The summed E-state index contributed by atoms with van der Waals surface area (Å²) in [7, 11) is 0. The van der Waals surface area contributed by atoms with E-state index in [9.17, 15) is 0 Å². The summed E-state index contributed by atoms with van der Waals surface area (Å²) in [6.07, 6.45) is 0. The average Bonchev–Trinajstić information content (AvgIpc) is 3.43. The second kappa shape index (κ2) is 10.1. The van der Waals surface area contributed by atoms with E-state index < -0.39 is 5.41 Å². The molecule has 2 heteroatoms. The van der Waals surface area contributed by atoms with Gasteiger partial charge in [-0.05, 0) is 62.4 Å². The predicted octanol–water partition coefficient (Wildman–Crippen LogP) is 10.5. The molecule has 0 bridgehead atoms. The number of aromatic nitrogens is 2. The minimum absolute atomic E-state index is 0.451. The van der Waals surface area contributed by atoms with E-state index in [2.05, 4.69) is 140 Å². The first kappa shape index (κ1) is 25.6. The van der Waals surface area contributed by atoms with E-state index in [4.69, 9.17) is 9.97 Å². The van der Waals surface area contributed by atoms with Gasteiger partial charge in [0.05, 0.1) is 27.8 Å². The van der Waals surface area contributed by atoms with Crippen molar-refractivity contribution in [1.29, 1.82) is 0 Å². The van der Waals surface area contributed by atoms with Gasteiger partial charge in [-0.1, -0.05) is 152 Å². The third-order valence-corrected chi connectivity index (χ3v) is 9.32. The van der Waals surface area contributed by atoms with Crippen molar-refractivity contribution in [3.05, 3.63) is 192 Å². The van der Waals surface area contributed by atoms with E-state index in [0.717, 1.165) is 33.5 Å². The van der Waals surface area contributed by atoms with Gasteiger partial charge >= 0.3 is 0 Å². The fraction of sp³-hybridized carbons (Fsp3) is 0.0233. The molecule has 8 aromatic rings. The molecular weight excluding hydrogens is 544 g/mol. The zero-order valence-corrected chi connectivity index (χ0v) is 24.6. The largest absolute Gasteiger partial charge is 0.244 e. The number of hydrogen-bond acceptors (Lipinski definition) is 2. The van der Waals surface area contributed by atoms with Crippen LogP contribution in [-0.4, -0.2) is 9.97 Å². The molecule has 1 aliphatic rings. The lowest BCUT2D eigenvalue weighted by Gasteiger charge is -2.34. The quantitative estimate of drug-likeness (QED) is 0.210. The minimum Gasteiger partial charge on any atom is -0.244 e. The molecule has 0 spiro atoms. The maximum atomic E-state index is 5.19. The molecule has 2 nitrogen and oxygen atoms in total. The summed E-state index contributed by atoms with van der Waals surface area (Å²) in [6, 6.07) is 60.8. The maximum Gasteiger partial charge on any atom is 0.0973 e. The lowest BCUT2D eigenvalue weighted by atomic mass is 9.66. The van der Waals surface area contributed by atoms with Crippen molar-refractivity contribution in [2.45, 2.75) is 5.41 Å². The van der Waals surface area contributed by atoms with Gasteiger partial charge in [0, 0.05) is 11.1 Å². The van der Waals surface area contributed by atoms with Gasteiger partial charge in [-0.2, -0.15) is 0 Å². The van der Waals surface area contributed by atoms with Crippen molar-refractivity contribution in [2.75, 3.05) is 0 Å². The zero-order chi connectivity index (χ0) is 29.8. The first-order chi connectivity index (χ1) is 22.3. The third-order valence-electron chi connectivity index (χ3n) is 9.32. The summed E-state index contributed by atoms with van der Waals surface area (Å²) in [5, 5.41) is 2.43. The Labute approximate surface area is 262 Å². The highest BCUT2D eigenvalue weighted by Gasteiger charge is 2.46. The Balaban J connectivity index is 1.34. The fourth-order valence-electron chi connectivity index (χ4n) is 7.43. The summed E-state index contributed by atoms with van der Waals surface area (Å²) in [5.74, 6) is 0. The third kappa shape index (κ3) is 3.82. The standard InChI is InChI=1S/C43H28N2/c1-4-14-29(15-5-1)41-42(45-39-23-13-12-22-38(39)44-41)31-25-26-34-30(28-31)24-27-36-35-20-10-11-21-37(35)43(40(34)36,32-16-6-2-7-17-32)33-18-8-3-9-19-33/h1-28H. The van der Waals surface area contributed by atoms with Crippen molar-refractivity contribution >= 4 is 21.8 Å². The van der Waals surface area contributed by atoms with Gasteiger partial charge < -0.3 is 0 Å². The van der Waals surface area contributed by atoms with Crippen LogP contribution < -0.4 is 0 Å². The van der Waals surface area contributed by atoms with Crippen LogP contribution in [0.2, 0.25) is 0 Å². The molecule has 0 amide bonds. The topological polar surface area (TPSA) is 25.8 Å². The molecule has 0 saturated heterocycles. The summed E-state index contributed by atoms with van der Waals surface area (Å²) < 4.78 is 0. The SMILES string of the molecule is c1ccc(-c2nc3ccccc3nc2-c2ccc3c4c(ccc3c2)-c2ccccc2C4(c2ccccc2)c2ccccc2)cc1. The van der Waals surface area contributed by atoms with Crippen molar-refractivity contribution < 1.29 is 0 Å². The molecule has 45 heavy (non-hydrogen) atoms. The smallest absolute Gasteiger partial charge is 0.0973 e.